The molecule has 20 heavy (non-hydrogen) atoms. The first-order chi connectivity index (χ1) is 9.38. The number of rotatable bonds is 4. The minimum Gasteiger partial charge on any atom is -0.478 e. The molecule has 2 aromatic rings. The molecule has 0 aliphatic rings. The van der Waals surface area contributed by atoms with E-state index in [1.54, 1.807) is 0 Å². The van der Waals surface area contributed by atoms with Crippen molar-refractivity contribution in [3.05, 3.63) is 59.9 Å². The van der Waals surface area contributed by atoms with E-state index in [0.29, 0.717) is 0 Å². The van der Waals surface area contributed by atoms with E-state index in [2.05, 4.69) is 5.43 Å². The van der Waals surface area contributed by atoms with E-state index in [9.17, 15) is 19.6 Å². The van der Waals surface area contributed by atoms with E-state index in [1.807, 2.05) is 0 Å². The lowest BCUT2D eigenvalue weighted by Gasteiger charge is -2.21. The van der Waals surface area contributed by atoms with Crippen LogP contribution in [-0.2, 0) is 0 Å². The lowest BCUT2D eigenvalue weighted by atomic mass is 10.2. The van der Waals surface area contributed by atoms with Crippen molar-refractivity contribution in [1.29, 1.82) is 0 Å². The fraction of sp³-hybridized carbons (Fsp3) is 0. The summed E-state index contributed by atoms with van der Waals surface area (Å²) in [5.41, 5.74) is 2.70. The van der Waals surface area contributed by atoms with Gasteiger partial charge in [-0.3, -0.25) is 0 Å². The number of carbonyl (C=O) groups is 1. The molecule has 4 N–H and O–H groups in total. The molecule has 0 bridgehead atoms. The Morgan fingerprint density at radius 1 is 1.00 bits per heavy atom. The van der Waals surface area contributed by atoms with Crippen molar-refractivity contribution in [2.45, 2.75) is 0 Å². The van der Waals surface area contributed by atoms with Gasteiger partial charge in [0.15, 0.2) is 0 Å². The number of aromatic carboxylic acids is 1. The number of nitrogens with zero attached hydrogens (tertiary/aromatic N) is 1. The second kappa shape index (κ2) is 5.25. The predicted molar refractivity (Wildman–Crippen MR) is 68.8 cm³/mol. The van der Waals surface area contributed by atoms with Crippen LogP contribution in [0.25, 0.3) is 0 Å². The summed E-state index contributed by atoms with van der Waals surface area (Å²) in [4.78, 5) is 9.00. The number of halogens is 1. The van der Waals surface area contributed by atoms with Crippen molar-refractivity contribution in [2.24, 2.45) is 0 Å². The van der Waals surface area contributed by atoms with Gasteiger partial charge in [-0.15, -0.1) is 10.4 Å². The molecule has 0 atom stereocenters. The molecule has 104 valence electrons. The van der Waals surface area contributed by atoms with E-state index in [4.69, 9.17) is 5.11 Å². The van der Waals surface area contributed by atoms with Gasteiger partial charge in [0.2, 0.25) is 5.69 Å². The molecule has 2 aromatic carbocycles. The van der Waals surface area contributed by atoms with Gasteiger partial charge in [-0.05, 0) is 36.4 Å². The molecule has 0 aliphatic carbocycles. The van der Waals surface area contributed by atoms with Crippen LogP contribution in [-0.4, -0.2) is 21.5 Å². The summed E-state index contributed by atoms with van der Waals surface area (Å²) in [6.07, 6.45) is 0. The highest BCUT2D eigenvalue weighted by molar-refractivity contribution is 5.88. The van der Waals surface area contributed by atoms with Crippen molar-refractivity contribution in [2.75, 3.05) is 5.43 Å². The molecular formula is C13H12FN2O4+. The SMILES string of the molecule is O=C(O)c1ccc(N[N+](O)(O)c2ccc(F)cc2)cc1. The van der Waals surface area contributed by atoms with Crippen molar-refractivity contribution >= 4 is 17.3 Å². The highest BCUT2D eigenvalue weighted by Crippen LogP contribution is 2.21. The van der Waals surface area contributed by atoms with Crippen molar-refractivity contribution in [3.63, 3.8) is 0 Å². The zero-order valence-corrected chi connectivity index (χ0v) is 10.2. The summed E-state index contributed by atoms with van der Waals surface area (Å²) in [6, 6.07) is 9.97. The summed E-state index contributed by atoms with van der Waals surface area (Å²) in [5, 5.41) is 28.5. The van der Waals surface area contributed by atoms with Crippen LogP contribution in [0, 0.1) is 5.82 Å². The van der Waals surface area contributed by atoms with E-state index in [1.165, 1.54) is 36.4 Å². The Morgan fingerprint density at radius 2 is 1.55 bits per heavy atom. The fourth-order valence-electron chi connectivity index (χ4n) is 1.58. The lowest BCUT2D eigenvalue weighted by Crippen LogP contribution is -2.47. The molecule has 6 nitrogen and oxygen atoms in total. The van der Waals surface area contributed by atoms with Gasteiger partial charge in [0.05, 0.1) is 16.2 Å². The van der Waals surface area contributed by atoms with Crippen LogP contribution in [0.4, 0.5) is 15.8 Å². The second-order valence-corrected chi connectivity index (χ2v) is 4.07. The number of benzene rings is 2. The molecule has 0 unspecified atom stereocenters. The molecule has 2 rings (SSSR count). The fourth-order valence-corrected chi connectivity index (χ4v) is 1.58. The number of quaternary nitrogens is 1. The number of carboxylic acids is 1. The number of hydrogen-bond acceptors (Lipinski definition) is 4. The van der Waals surface area contributed by atoms with Gasteiger partial charge in [0, 0.05) is 12.1 Å². The summed E-state index contributed by atoms with van der Waals surface area (Å²) < 4.78 is 12.8. The van der Waals surface area contributed by atoms with Crippen molar-refractivity contribution in [1.82, 2.24) is 4.92 Å². The van der Waals surface area contributed by atoms with Crippen LogP contribution < -0.4 is 10.3 Å². The first-order valence-electron chi connectivity index (χ1n) is 5.61. The zero-order chi connectivity index (χ0) is 14.8. The highest BCUT2D eigenvalue weighted by Gasteiger charge is 2.27. The smallest absolute Gasteiger partial charge is 0.335 e. The molecule has 0 aliphatic heterocycles. The molecule has 0 fully saturated rings. The molecule has 0 saturated heterocycles. The maximum absolute atomic E-state index is 12.8. The molecular weight excluding hydrogens is 267 g/mol. The third kappa shape index (κ3) is 3.09. The van der Waals surface area contributed by atoms with Gasteiger partial charge in [-0.2, -0.15) is 5.43 Å². The van der Waals surface area contributed by atoms with E-state index in [-0.39, 0.29) is 16.9 Å². The molecule has 7 heteroatoms. The quantitative estimate of drug-likeness (QED) is 0.510. The lowest BCUT2D eigenvalue weighted by molar-refractivity contribution is -0.272. The average Bonchev–Trinajstić information content (AvgIpc) is 2.39. The predicted octanol–water partition coefficient (Wildman–Crippen LogP) is 2.64. The molecule has 0 radical (unpaired) electrons. The summed E-state index contributed by atoms with van der Waals surface area (Å²) >= 11 is 0. The first-order valence-corrected chi connectivity index (χ1v) is 5.61. The van der Waals surface area contributed by atoms with Gasteiger partial charge in [-0.1, -0.05) is 0 Å². The monoisotopic (exact) mass is 279 g/mol. The Balaban J connectivity index is 2.19. The first kappa shape index (κ1) is 13.9. The highest BCUT2D eigenvalue weighted by atomic mass is 19.1. The van der Waals surface area contributed by atoms with Gasteiger partial charge in [0.25, 0.3) is 0 Å². The van der Waals surface area contributed by atoms with Gasteiger partial charge < -0.3 is 5.11 Å². The van der Waals surface area contributed by atoms with Crippen LogP contribution >= 0.6 is 0 Å². The third-order valence-electron chi connectivity index (χ3n) is 2.60. The molecule has 0 amide bonds. The Morgan fingerprint density at radius 3 is 2.05 bits per heavy atom. The van der Waals surface area contributed by atoms with Crippen LogP contribution in [0.3, 0.4) is 0 Å². The topological polar surface area (TPSA) is 89.8 Å². The second-order valence-electron chi connectivity index (χ2n) is 4.07. The Bertz CT molecular complexity index is 611. The normalized spacial score (nSPS) is 11.2. The van der Waals surface area contributed by atoms with Crippen molar-refractivity contribution < 1.29 is 24.7 Å². The average molecular weight is 279 g/mol. The van der Waals surface area contributed by atoms with E-state index < -0.39 is 16.7 Å². The molecule has 0 aromatic heterocycles. The zero-order valence-electron chi connectivity index (χ0n) is 10.2. The molecule has 0 saturated carbocycles. The van der Waals surface area contributed by atoms with E-state index in [0.717, 1.165) is 12.1 Å². The number of nitrogens with one attached hydrogen (secondary N) is 1. The van der Waals surface area contributed by atoms with Gasteiger partial charge >= 0.3 is 5.97 Å². The standard InChI is InChI=1S/C13H11FN2O4/c14-10-3-7-12(8-4-10)16(19,20)15-11-5-1-9(2-6-11)13(17)18/h1-8,15,19-20H/p+1. The molecule has 0 heterocycles. The van der Waals surface area contributed by atoms with Gasteiger partial charge in [0.1, 0.15) is 5.82 Å². The van der Waals surface area contributed by atoms with Crippen LogP contribution in [0.1, 0.15) is 10.4 Å². The maximum Gasteiger partial charge on any atom is 0.335 e. The third-order valence-corrected chi connectivity index (χ3v) is 2.60. The largest absolute Gasteiger partial charge is 0.478 e. The van der Waals surface area contributed by atoms with Crippen molar-refractivity contribution in [3.8, 4) is 0 Å². The Labute approximate surface area is 113 Å². The van der Waals surface area contributed by atoms with Gasteiger partial charge in [-0.25, -0.2) is 9.18 Å². The maximum atomic E-state index is 12.8. The number of hydrogen-bond donors (Lipinski definition) is 4. The van der Waals surface area contributed by atoms with Crippen LogP contribution in [0.15, 0.2) is 48.5 Å². The van der Waals surface area contributed by atoms with Crippen LogP contribution in [0.5, 0.6) is 0 Å². The Kier molecular flexibility index (Phi) is 3.66. The minimum atomic E-state index is -1.69. The minimum absolute atomic E-state index is 0.00582. The number of carboxylic acid groups (broad SMARTS) is 1. The summed E-state index contributed by atoms with van der Waals surface area (Å²) in [6.45, 7) is 0. The molecule has 0 spiro atoms. The van der Waals surface area contributed by atoms with Crippen LogP contribution in [0.2, 0.25) is 0 Å². The summed E-state index contributed by atoms with van der Waals surface area (Å²) in [7, 11) is 0. The Hall–Kier alpha value is -2.48. The summed E-state index contributed by atoms with van der Waals surface area (Å²) in [5.74, 6) is -1.58. The number of anilines is 1. The van der Waals surface area contributed by atoms with E-state index >= 15 is 0 Å².